The van der Waals surface area contributed by atoms with Crippen LogP contribution >= 0.6 is 11.6 Å². The Labute approximate surface area is 157 Å². The van der Waals surface area contributed by atoms with E-state index in [-0.39, 0.29) is 11.8 Å². The number of fused-ring (bicyclic) bond motifs is 1. The minimum atomic E-state index is -0.548. The molecule has 1 aromatic heterocycles. The summed E-state index contributed by atoms with van der Waals surface area (Å²) in [4.78, 5) is 18.8. The van der Waals surface area contributed by atoms with E-state index in [9.17, 15) is 9.90 Å². The summed E-state index contributed by atoms with van der Waals surface area (Å²) in [7, 11) is 0. The summed E-state index contributed by atoms with van der Waals surface area (Å²) in [5.41, 5.74) is 2.57. The Morgan fingerprint density at radius 2 is 1.88 bits per heavy atom. The molecule has 2 atom stereocenters. The Kier molecular flexibility index (Phi) is 4.62. The van der Waals surface area contributed by atoms with Crippen molar-refractivity contribution in [2.24, 2.45) is 5.92 Å². The van der Waals surface area contributed by atoms with E-state index in [1.807, 2.05) is 30.3 Å². The molecule has 0 aliphatic carbocycles. The number of amides is 1. The van der Waals surface area contributed by atoms with Crippen LogP contribution in [0.2, 0.25) is 5.02 Å². The van der Waals surface area contributed by atoms with E-state index in [0.29, 0.717) is 30.1 Å². The SMILES string of the molecule is O=C(c1ccccc1Cl)N1C[C@@H](Cc2ccnc3ccccc23)[C@@H](O)C1. The molecule has 2 heterocycles. The number of nitrogens with zero attached hydrogens (tertiary/aromatic N) is 2. The fourth-order valence-corrected chi connectivity index (χ4v) is 3.86. The van der Waals surface area contributed by atoms with Gasteiger partial charge in [0.15, 0.2) is 0 Å². The number of rotatable bonds is 3. The number of pyridine rings is 1. The zero-order valence-electron chi connectivity index (χ0n) is 14.2. The Balaban J connectivity index is 1.54. The molecule has 0 bridgehead atoms. The molecule has 5 heteroatoms. The predicted molar refractivity (Wildman–Crippen MR) is 102 cm³/mol. The fourth-order valence-electron chi connectivity index (χ4n) is 3.64. The molecule has 1 fully saturated rings. The van der Waals surface area contributed by atoms with Crippen LogP contribution in [0, 0.1) is 5.92 Å². The molecule has 4 rings (SSSR count). The maximum absolute atomic E-state index is 12.7. The molecule has 26 heavy (non-hydrogen) atoms. The number of para-hydroxylation sites is 1. The van der Waals surface area contributed by atoms with E-state index >= 15 is 0 Å². The van der Waals surface area contributed by atoms with E-state index in [1.54, 1.807) is 35.4 Å². The quantitative estimate of drug-likeness (QED) is 0.771. The number of carbonyl (C=O) groups excluding carboxylic acids is 1. The number of halogens is 1. The van der Waals surface area contributed by atoms with Gasteiger partial charge >= 0.3 is 0 Å². The topological polar surface area (TPSA) is 53.4 Å². The number of carbonyl (C=O) groups is 1. The highest BCUT2D eigenvalue weighted by molar-refractivity contribution is 6.33. The first-order valence-corrected chi connectivity index (χ1v) is 9.06. The highest BCUT2D eigenvalue weighted by atomic mass is 35.5. The highest BCUT2D eigenvalue weighted by Crippen LogP contribution is 2.27. The van der Waals surface area contributed by atoms with Gasteiger partial charge in [0.1, 0.15) is 0 Å². The maximum atomic E-state index is 12.7. The van der Waals surface area contributed by atoms with Crippen molar-refractivity contribution in [3.8, 4) is 0 Å². The van der Waals surface area contributed by atoms with Crippen LogP contribution in [0.5, 0.6) is 0 Å². The molecule has 1 aliphatic rings. The molecule has 2 aromatic carbocycles. The van der Waals surface area contributed by atoms with Crippen LogP contribution in [0.3, 0.4) is 0 Å². The molecular weight excluding hydrogens is 348 g/mol. The number of aromatic nitrogens is 1. The van der Waals surface area contributed by atoms with Crippen molar-refractivity contribution in [1.29, 1.82) is 0 Å². The van der Waals surface area contributed by atoms with Crippen LogP contribution in [0.1, 0.15) is 15.9 Å². The number of likely N-dealkylation sites (tertiary alicyclic amines) is 1. The lowest BCUT2D eigenvalue weighted by Crippen LogP contribution is -2.29. The summed E-state index contributed by atoms with van der Waals surface area (Å²) in [5, 5.41) is 12.1. The molecule has 132 valence electrons. The highest BCUT2D eigenvalue weighted by Gasteiger charge is 2.35. The van der Waals surface area contributed by atoms with Crippen molar-refractivity contribution >= 4 is 28.4 Å². The van der Waals surface area contributed by atoms with Gasteiger partial charge in [-0.05, 0) is 36.2 Å². The van der Waals surface area contributed by atoms with Crippen LogP contribution in [-0.2, 0) is 6.42 Å². The van der Waals surface area contributed by atoms with Crippen molar-refractivity contribution in [2.45, 2.75) is 12.5 Å². The van der Waals surface area contributed by atoms with Crippen molar-refractivity contribution in [3.05, 3.63) is 76.9 Å². The predicted octanol–water partition coefficient (Wildman–Crippen LogP) is 3.56. The molecular formula is C21H19ClN2O2. The average Bonchev–Trinajstić information content (AvgIpc) is 3.02. The Morgan fingerprint density at radius 3 is 2.73 bits per heavy atom. The standard InChI is InChI=1S/C21H19ClN2O2/c22-18-7-3-1-6-17(18)21(26)24-12-15(20(25)13-24)11-14-9-10-23-19-8-4-2-5-16(14)19/h1-10,15,20,25H,11-13H2/t15-,20+/m1/s1. The lowest BCUT2D eigenvalue weighted by molar-refractivity contribution is 0.0765. The second-order valence-corrected chi connectivity index (χ2v) is 7.12. The van der Waals surface area contributed by atoms with Crippen LogP contribution in [0.15, 0.2) is 60.8 Å². The fraction of sp³-hybridized carbons (Fsp3) is 0.238. The Bertz CT molecular complexity index is 954. The van der Waals surface area contributed by atoms with Gasteiger partial charge in [0.05, 0.1) is 22.2 Å². The third kappa shape index (κ3) is 3.18. The summed E-state index contributed by atoms with van der Waals surface area (Å²) in [6, 6.07) is 17.0. The normalized spacial score (nSPS) is 19.8. The zero-order valence-corrected chi connectivity index (χ0v) is 14.9. The third-order valence-electron chi connectivity index (χ3n) is 5.02. The number of benzene rings is 2. The van der Waals surface area contributed by atoms with Gasteiger partial charge in [-0.2, -0.15) is 0 Å². The number of β-amino-alcohol motifs (C(OH)–C–C–N with tert-alkyl or cyclic N) is 1. The Hall–Kier alpha value is -2.43. The van der Waals surface area contributed by atoms with Crippen molar-refractivity contribution in [1.82, 2.24) is 9.88 Å². The summed E-state index contributed by atoms with van der Waals surface area (Å²) in [6.07, 6.45) is 1.95. The van der Waals surface area contributed by atoms with Gasteiger partial charge in [-0.15, -0.1) is 0 Å². The van der Waals surface area contributed by atoms with Gasteiger partial charge in [-0.1, -0.05) is 41.9 Å². The first-order valence-electron chi connectivity index (χ1n) is 8.68. The lowest BCUT2D eigenvalue weighted by Gasteiger charge is -2.17. The van der Waals surface area contributed by atoms with Gasteiger partial charge in [0.2, 0.25) is 0 Å². The van der Waals surface area contributed by atoms with Crippen molar-refractivity contribution in [3.63, 3.8) is 0 Å². The molecule has 0 unspecified atom stereocenters. The smallest absolute Gasteiger partial charge is 0.255 e. The molecule has 3 aromatic rings. The van der Waals surface area contributed by atoms with Crippen LogP contribution in [-0.4, -0.2) is 40.1 Å². The second-order valence-electron chi connectivity index (χ2n) is 6.71. The van der Waals surface area contributed by atoms with E-state index in [0.717, 1.165) is 16.5 Å². The summed E-state index contributed by atoms with van der Waals surface area (Å²) in [5.74, 6) is -0.135. The maximum Gasteiger partial charge on any atom is 0.255 e. The zero-order chi connectivity index (χ0) is 18.1. The number of aliphatic hydroxyl groups excluding tert-OH is 1. The lowest BCUT2D eigenvalue weighted by atomic mass is 9.94. The second kappa shape index (κ2) is 7.06. The molecule has 0 radical (unpaired) electrons. The Morgan fingerprint density at radius 1 is 1.12 bits per heavy atom. The number of hydrogen-bond donors (Lipinski definition) is 1. The average molecular weight is 367 g/mol. The van der Waals surface area contributed by atoms with Crippen molar-refractivity contribution in [2.75, 3.05) is 13.1 Å². The molecule has 1 N–H and O–H groups in total. The minimum absolute atomic E-state index is 0.00718. The van der Waals surface area contributed by atoms with E-state index in [1.165, 1.54) is 0 Å². The minimum Gasteiger partial charge on any atom is -0.391 e. The van der Waals surface area contributed by atoms with Gasteiger partial charge in [0.25, 0.3) is 5.91 Å². The van der Waals surface area contributed by atoms with E-state index in [4.69, 9.17) is 11.6 Å². The van der Waals surface area contributed by atoms with Gasteiger partial charge in [-0.3, -0.25) is 9.78 Å². The summed E-state index contributed by atoms with van der Waals surface area (Å²) in [6.45, 7) is 0.847. The first-order chi connectivity index (χ1) is 12.6. The van der Waals surface area contributed by atoms with Gasteiger partial charge < -0.3 is 10.0 Å². The first kappa shape index (κ1) is 17.0. The van der Waals surface area contributed by atoms with Gasteiger partial charge in [0, 0.05) is 30.6 Å². The van der Waals surface area contributed by atoms with E-state index in [2.05, 4.69) is 4.98 Å². The molecule has 1 amide bonds. The van der Waals surface area contributed by atoms with Crippen LogP contribution in [0.4, 0.5) is 0 Å². The molecule has 0 saturated carbocycles. The number of aliphatic hydroxyl groups is 1. The van der Waals surface area contributed by atoms with Gasteiger partial charge in [-0.25, -0.2) is 0 Å². The largest absolute Gasteiger partial charge is 0.391 e. The molecule has 0 spiro atoms. The number of hydrogen-bond acceptors (Lipinski definition) is 3. The van der Waals surface area contributed by atoms with Crippen LogP contribution in [0.25, 0.3) is 10.9 Å². The molecule has 4 nitrogen and oxygen atoms in total. The summed E-state index contributed by atoms with van der Waals surface area (Å²) >= 11 is 6.15. The van der Waals surface area contributed by atoms with E-state index < -0.39 is 6.10 Å². The van der Waals surface area contributed by atoms with Crippen molar-refractivity contribution < 1.29 is 9.90 Å². The molecule has 1 aliphatic heterocycles. The van der Waals surface area contributed by atoms with Crippen LogP contribution < -0.4 is 0 Å². The summed E-state index contributed by atoms with van der Waals surface area (Å²) < 4.78 is 0. The monoisotopic (exact) mass is 366 g/mol. The third-order valence-corrected chi connectivity index (χ3v) is 5.35. The molecule has 1 saturated heterocycles.